The molecule has 4 rings (SSSR count). The fourth-order valence-electron chi connectivity index (χ4n) is 3.85. The van der Waals surface area contributed by atoms with Gasteiger partial charge in [0.15, 0.2) is 0 Å². The number of aromatic nitrogens is 2. The van der Waals surface area contributed by atoms with Crippen molar-refractivity contribution in [3.05, 3.63) is 17.6 Å². The number of hydrogen-bond acceptors (Lipinski definition) is 3. The summed E-state index contributed by atoms with van der Waals surface area (Å²) in [5.41, 5.74) is 0.841. The van der Waals surface area contributed by atoms with Gasteiger partial charge in [-0.25, -0.2) is 9.97 Å². The lowest BCUT2D eigenvalue weighted by atomic mass is 10.0. The van der Waals surface area contributed by atoms with Crippen LogP contribution >= 0.6 is 0 Å². The predicted molar refractivity (Wildman–Crippen MR) is 72.0 cm³/mol. The van der Waals surface area contributed by atoms with Crippen LogP contribution in [-0.2, 0) is 10.2 Å². The van der Waals surface area contributed by atoms with Crippen molar-refractivity contribution in [3.63, 3.8) is 0 Å². The number of aryl methyl sites for hydroxylation is 1. The largest absolute Gasteiger partial charge is 0.292 e. The first kappa shape index (κ1) is 11.4. The Balaban J connectivity index is 1.84. The molecule has 100 valence electrons. The van der Waals surface area contributed by atoms with Crippen molar-refractivity contribution in [2.45, 2.75) is 57.4 Å². The molecule has 0 bridgehead atoms. The zero-order valence-corrected chi connectivity index (χ0v) is 11.5. The maximum Gasteiger partial charge on any atom is 0.239 e. The molecule has 4 heteroatoms. The maximum absolute atomic E-state index is 12.8. The molecule has 2 fully saturated rings. The average molecular weight is 257 g/mol. The summed E-state index contributed by atoms with van der Waals surface area (Å²) in [7, 11) is 0. The van der Waals surface area contributed by atoms with Gasteiger partial charge in [-0.2, -0.15) is 0 Å². The molecule has 0 radical (unpaired) electrons. The van der Waals surface area contributed by atoms with Crippen LogP contribution < -0.4 is 4.90 Å². The summed E-state index contributed by atoms with van der Waals surface area (Å²) in [6.07, 6.45) is 7.40. The molecule has 2 saturated carbocycles. The van der Waals surface area contributed by atoms with Crippen molar-refractivity contribution in [2.75, 3.05) is 4.90 Å². The van der Waals surface area contributed by atoms with Crippen molar-refractivity contribution in [1.82, 2.24) is 9.97 Å². The molecule has 0 saturated heterocycles. The first-order valence-electron chi connectivity index (χ1n) is 7.31. The molecular weight excluding hydrogens is 238 g/mol. The van der Waals surface area contributed by atoms with Gasteiger partial charge in [-0.05, 0) is 38.5 Å². The number of rotatable bonds is 1. The average Bonchev–Trinajstić information content (AvgIpc) is 3.03. The summed E-state index contributed by atoms with van der Waals surface area (Å²) in [4.78, 5) is 23.8. The molecule has 1 aromatic rings. The van der Waals surface area contributed by atoms with Crippen molar-refractivity contribution in [3.8, 4) is 0 Å². The van der Waals surface area contributed by atoms with E-state index < -0.39 is 0 Å². The minimum atomic E-state index is -0.245. The lowest BCUT2D eigenvalue weighted by molar-refractivity contribution is -0.120. The Labute approximate surface area is 113 Å². The second kappa shape index (κ2) is 3.56. The van der Waals surface area contributed by atoms with E-state index >= 15 is 0 Å². The second-order valence-corrected chi connectivity index (χ2v) is 6.39. The molecule has 3 aliphatic rings. The van der Waals surface area contributed by atoms with Gasteiger partial charge < -0.3 is 0 Å². The smallest absolute Gasteiger partial charge is 0.239 e. The summed E-state index contributed by atoms with van der Waals surface area (Å²) < 4.78 is 0. The topological polar surface area (TPSA) is 46.1 Å². The highest BCUT2D eigenvalue weighted by Gasteiger charge is 2.61. The van der Waals surface area contributed by atoms with E-state index in [1.54, 1.807) is 0 Å². The van der Waals surface area contributed by atoms with E-state index in [1.165, 1.54) is 12.8 Å². The van der Waals surface area contributed by atoms with Crippen LogP contribution in [0.5, 0.6) is 0 Å². The van der Waals surface area contributed by atoms with E-state index in [0.29, 0.717) is 17.9 Å². The maximum atomic E-state index is 12.8. The van der Waals surface area contributed by atoms with Crippen molar-refractivity contribution in [2.24, 2.45) is 5.92 Å². The van der Waals surface area contributed by atoms with Crippen LogP contribution in [0.15, 0.2) is 6.20 Å². The minimum absolute atomic E-state index is 0.245. The van der Waals surface area contributed by atoms with Crippen LogP contribution in [0.2, 0.25) is 0 Å². The zero-order chi connectivity index (χ0) is 13.2. The number of hydrogen-bond donors (Lipinski definition) is 0. The molecule has 2 atom stereocenters. The highest BCUT2D eigenvalue weighted by Crippen LogP contribution is 2.57. The Kier molecular flexibility index (Phi) is 2.13. The van der Waals surface area contributed by atoms with Crippen molar-refractivity contribution >= 4 is 11.7 Å². The summed E-state index contributed by atoms with van der Waals surface area (Å²) in [5, 5.41) is 0. The van der Waals surface area contributed by atoms with Crippen LogP contribution in [0.3, 0.4) is 0 Å². The minimum Gasteiger partial charge on any atom is -0.292 e. The Morgan fingerprint density at radius 3 is 2.79 bits per heavy atom. The standard InChI is InChI=1S/C15H19N3O/c1-9-4-3-5-12(9)18-13-11(8-16-10(2)17-13)15(6-7-15)14(18)19/h8-9,12H,3-7H2,1-2H3. The van der Waals surface area contributed by atoms with Crippen molar-refractivity contribution < 1.29 is 4.79 Å². The highest BCUT2D eigenvalue weighted by atomic mass is 16.2. The number of carbonyl (C=O) groups is 1. The lowest BCUT2D eigenvalue weighted by Crippen LogP contribution is -2.42. The van der Waals surface area contributed by atoms with Gasteiger partial charge in [0.05, 0.1) is 5.41 Å². The second-order valence-electron chi connectivity index (χ2n) is 6.39. The number of nitrogens with zero attached hydrogens (tertiary/aromatic N) is 3. The Hall–Kier alpha value is -1.45. The van der Waals surface area contributed by atoms with Gasteiger partial charge in [0, 0.05) is 17.8 Å². The normalized spacial score (nSPS) is 31.1. The highest BCUT2D eigenvalue weighted by molar-refractivity contribution is 6.09. The van der Waals surface area contributed by atoms with Crippen LogP contribution in [0.25, 0.3) is 0 Å². The quantitative estimate of drug-likeness (QED) is 0.776. The lowest BCUT2D eigenvalue weighted by Gasteiger charge is -2.28. The number of anilines is 1. The molecule has 2 unspecified atom stereocenters. The molecule has 0 N–H and O–H groups in total. The third kappa shape index (κ3) is 1.37. The summed E-state index contributed by atoms with van der Waals surface area (Å²) in [6, 6.07) is 0.348. The molecule has 4 nitrogen and oxygen atoms in total. The predicted octanol–water partition coefficient (Wildman–Crippen LogP) is 2.35. The Morgan fingerprint density at radius 2 is 2.16 bits per heavy atom. The zero-order valence-electron chi connectivity index (χ0n) is 11.5. The molecular formula is C15H19N3O. The van der Waals surface area contributed by atoms with Gasteiger partial charge >= 0.3 is 0 Å². The fourth-order valence-corrected chi connectivity index (χ4v) is 3.85. The molecule has 2 heterocycles. The molecule has 2 aliphatic carbocycles. The van der Waals surface area contributed by atoms with Crippen LogP contribution in [-0.4, -0.2) is 21.9 Å². The third-order valence-electron chi connectivity index (χ3n) is 5.16. The van der Waals surface area contributed by atoms with Crippen molar-refractivity contribution in [1.29, 1.82) is 0 Å². The first-order chi connectivity index (χ1) is 9.13. The van der Waals surface area contributed by atoms with Gasteiger partial charge in [-0.15, -0.1) is 0 Å². The number of carbonyl (C=O) groups excluding carboxylic acids is 1. The molecule has 1 amide bonds. The SMILES string of the molecule is Cc1ncc2c(n1)N(C1CCCC1C)C(=O)C21CC1. The van der Waals surface area contributed by atoms with Gasteiger partial charge in [0.2, 0.25) is 5.91 Å². The van der Waals surface area contributed by atoms with Crippen LogP contribution in [0, 0.1) is 12.8 Å². The Morgan fingerprint density at radius 1 is 1.37 bits per heavy atom. The van der Waals surface area contributed by atoms with Gasteiger partial charge in [-0.3, -0.25) is 9.69 Å². The van der Waals surface area contributed by atoms with E-state index in [2.05, 4.69) is 16.9 Å². The van der Waals surface area contributed by atoms with Gasteiger partial charge in [-0.1, -0.05) is 13.3 Å². The van der Waals surface area contributed by atoms with E-state index in [-0.39, 0.29) is 5.41 Å². The Bertz CT molecular complexity index is 565. The molecule has 1 spiro atoms. The summed E-state index contributed by atoms with van der Waals surface area (Å²) >= 11 is 0. The molecule has 19 heavy (non-hydrogen) atoms. The van der Waals surface area contributed by atoms with E-state index in [4.69, 9.17) is 0 Å². The summed E-state index contributed by atoms with van der Waals surface area (Å²) in [6.45, 7) is 4.16. The molecule has 0 aromatic carbocycles. The fraction of sp³-hybridized carbons (Fsp3) is 0.667. The molecule has 1 aliphatic heterocycles. The third-order valence-corrected chi connectivity index (χ3v) is 5.16. The van der Waals surface area contributed by atoms with Crippen LogP contribution in [0.4, 0.5) is 5.82 Å². The number of fused-ring (bicyclic) bond motifs is 2. The summed E-state index contributed by atoms with van der Waals surface area (Å²) in [5.74, 6) is 2.55. The van der Waals surface area contributed by atoms with E-state index in [1.807, 2.05) is 18.0 Å². The molecule has 1 aromatic heterocycles. The van der Waals surface area contributed by atoms with E-state index in [0.717, 1.165) is 36.5 Å². The first-order valence-corrected chi connectivity index (χ1v) is 7.31. The van der Waals surface area contributed by atoms with Gasteiger partial charge in [0.25, 0.3) is 0 Å². The van der Waals surface area contributed by atoms with Crippen LogP contribution in [0.1, 0.15) is 50.4 Å². The monoisotopic (exact) mass is 257 g/mol. The number of amides is 1. The van der Waals surface area contributed by atoms with Gasteiger partial charge in [0.1, 0.15) is 11.6 Å². The van der Waals surface area contributed by atoms with E-state index in [9.17, 15) is 4.79 Å².